The summed E-state index contributed by atoms with van der Waals surface area (Å²) >= 11 is 1.26. The monoisotopic (exact) mass is 467 g/mol. The van der Waals surface area contributed by atoms with Gasteiger partial charge in [-0.3, -0.25) is 4.79 Å². The normalized spacial score (nSPS) is 11.4. The van der Waals surface area contributed by atoms with Crippen molar-refractivity contribution in [1.29, 1.82) is 0 Å². The number of nitrogens with zero attached hydrogens (tertiary/aromatic N) is 3. The minimum absolute atomic E-state index is 0.0572. The van der Waals surface area contributed by atoms with Gasteiger partial charge in [-0.15, -0.1) is 10.2 Å². The largest absolute Gasteiger partial charge is 0.493 e. The van der Waals surface area contributed by atoms with E-state index in [1.807, 2.05) is 85.8 Å². The molecule has 168 valence electrons. The third-order valence-electron chi connectivity index (χ3n) is 5.38. The van der Waals surface area contributed by atoms with Crippen LogP contribution in [0.25, 0.3) is 33.4 Å². The third-order valence-corrected chi connectivity index (χ3v) is 6.24. The fourth-order valence-electron chi connectivity index (χ4n) is 3.74. The molecule has 2 heterocycles. The Hall–Kier alpha value is -4.17. The van der Waals surface area contributed by atoms with Crippen molar-refractivity contribution in [3.8, 4) is 28.4 Å². The maximum Gasteiger partial charge on any atom is 0.275 e. The van der Waals surface area contributed by atoms with Crippen LogP contribution in [-0.2, 0) is 4.79 Å². The minimum Gasteiger partial charge on any atom is -0.493 e. The molecule has 3 aromatic carbocycles. The molecule has 0 aliphatic carbocycles. The number of carbonyl (C=O) groups is 1. The highest BCUT2D eigenvalue weighted by atomic mass is 32.2. The lowest BCUT2D eigenvalue weighted by Crippen LogP contribution is -1.96. The maximum atomic E-state index is 12.4. The summed E-state index contributed by atoms with van der Waals surface area (Å²) in [7, 11) is 0. The van der Waals surface area contributed by atoms with E-state index < -0.39 is 5.91 Å². The van der Waals surface area contributed by atoms with Gasteiger partial charge in [0.25, 0.3) is 5.91 Å². The second-order valence-electron chi connectivity index (χ2n) is 7.70. The van der Waals surface area contributed by atoms with E-state index in [1.54, 1.807) is 0 Å². The first-order valence-electron chi connectivity index (χ1n) is 10.7. The van der Waals surface area contributed by atoms with Crippen molar-refractivity contribution in [2.75, 3.05) is 5.75 Å². The minimum atomic E-state index is -0.426. The van der Waals surface area contributed by atoms with E-state index in [2.05, 4.69) is 20.2 Å². The van der Waals surface area contributed by atoms with Crippen LogP contribution in [0.2, 0.25) is 0 Å². The lowest BCUT2D eigenvalue weighted by Gasteiger charge is -2.02. The van der Waals surface area contributed by atoms with Crippen LogP contribution >= 0.6 is 11.8 Å². The van der Waals surface area contributed by atoms with Crippen molar-refractivity contribution in [2.45, 2.75) is 12.1 Å². The number of aromatic amines is 2. The predicted molar refractivity (Wildman–Crippen MR) is 134 cm³/mol. The number of azo groups is 1. The Morgan fingerprint density at radius 2 is 1.65 bits per heavy atom. The standard InChI is InChI=1S/C26H21N5O2S/c1-16-9-8-14-19-21(16)27-25(33)24(19)31-30-20(32)15-34-26-28-22(17-10-4-2-5-11-17)23(29-26)18-12-6-3-7-13-18/h2-14,27,33H,15H2,1H3,(H,28,29). The first-order valence-corrected chi connectivity index (χ1v) is 11.7. The van der Waals surface area contributed by atoms with Crippen molar-refractivity contribution in [3.63, 3.8) is 0 Å². The van der Waals surface area contributed by atoms with Crippen LogP contribution < -0.4 is 0 Å². The van der Waals surface area contributed by atoms with Crippen LogP contribution in [0.1, 0.15) is 5.56 Å². The van der Waals surface area contributed by atoms with Gasteiger partial charge < -0.3 is 15.1 Å². The summed E-state index contributed by atoms with van der Waals surface area (Å²) in [5.74, 6) is -0.480. The van der Waals surface area contributed by atoms with E-state index in [1.165, 1.54) is 11.8 Å². The van der Waals surface area contributed by atoms with Crippen molar-refractivity contribution in [1.82, 2.24) is 15.0 Å². The van der Waals surface area contributed by atoms with Gasteiger partial charge in [-0.25, -0.2) is 4.98 Å². The molecule has 7 nitrogen and oxygen atoms in total. The molecule has 0 saturated carbocycles. The van der Waals surface area contributed by atoms with E-state index in [4.69, 9.17) is 4.98 Å². The smallest absolute Gasteiger partial charge is 0.275 e. The third kappa shape index (κ3) is 4.35. The van der Waals surface area contributed by atoms with Gasteiger partial charge >= 0.3 is 0 Å². The van der Waals surface area contributed by atoms with Crippen LogP contribution in [-0.4, -0.2) is 31.7 Å². The second kappa shape index (κ2) is 9.36. The quantitative estimate of drug-likeness (QED) is 0.192. The molecule has 0 fully saturated rings. The molecule has 0 unspecified atom stereocenters. The average Bonchev–Trinajstić information content (AvgIpc) is 3.44. The molecule has 0 bridgehead atoms. The number of thioether (sulfide) groups is 1. The Bertz CT molecular complexity index is 1430. The number of hydrogen-bond donors (Lipinski definition) is 3. The molecule has 0 saturated heterocycles. The van der Waals surface area contributed by atoms with Crippen LogP contribution in [0.15, 0.2) is 94.2 Å². The lowest BCUT2D eigenvalue weighted by molar-refractivity contribution is -0.115. The number of amides is 1. The summed E-state index contributed by atoms with van der Waals surface area (Å²) in [4.78, 5) is 23.4. The average molecular weight is 468 g/mol. The number of aromatic hydroxyl groups is 1. The number of aromatic nitrogens is 3. The predicted octanol–water partition coefficient (Wildman–Crippen LogP) is 6.64. The zero-order valence-corrected chi connectivity index (χ0v) is 19.1. The number of fused-ring (bicyclic) bond motifs is 1. The van der Waals surface area contributed by atoms with Gasteiger partial charge in [0.05, 0.1) is 22.7 Å². The van der Waals surface area contributed by atoms with Crippen LogP contribution in [0.4, 0.5) is 5.69 Å². The molecule has 0 atom stereocenters. The Morgan fingerprint density at radius 3 is 2.38 bits per heavy atom. The fourth-order valence-corrected chi connectivity index (χ4v) is 4.39. The lowest BCUT2D eigenvalue weighted by atomic mass is 10.1. The van der Waals surface area contributed by atoms with Gasteiger partial charge in [-0.05, 0) is 12.5 Å². The highest BCUT2D eigenvalue weighted by Gasteiger charge is 2.16. The molecule has 0 radical (unpaired) electrons. The molecule has 5 rings (SSSR count). The first-order chi connectivity index (χ1) is 16.6. The number of para-hydroxylation sites is 1. The van der Waals surface area contributed by atoms with E-state index in [9.17, 15) is 9.90 Å². The SMILES string of the molecule is Cc1cccc2c(N=NC(=O)CSc3nc(-c4ccccc4)c(-c4ccccc4)[nH]3)c(O)[nH]c12. The molecular formula is C26H21N5O2S. The number of hydrogen-bond acceptors (Lipinski definition) is 5. The van der Waals surface area contributed by atoms with Crippen molar-refractivity contribution in [3.05, 3.63) is 84.4 Å². The highest BCUT2D eigenvalue weighted by molar-refractivity contribution is 7.99. The number of rotatable bonds is 6. The van der Waals surface area contributed by atoms with Crippen molar-refractivity contribution in [2.24, 2.45) is 10.2 Å². The number of aryl methyl sites for hydroxylation is 1. The second-order valence-corrected chi connectivity index (χ2v) is 8.66. The Morgan fingerprint density at radius 1 is 0.941 bits per heavy atom. The van der Waals surface area contributed by atoms with Gasteiger partial charge in [0.2, 0.25) is 5.88 Å². The molecule has 8 heteroatoms. The summed E-state index contributed by atoms with van der Waals surface area (Å²) in [5.41, 5.74) is 5.71. The summed E-state index contributed by atoms with van der Waals surface area (Å²) in [6.07, 6.45) is 0. The Labute approximate surface area is 200 Å². The molecule has 2 aromatic heterocycles. The van der Waals surface area contributed by atoms with Crippen molar-refractivity contribution >= 4 is 34.3 Å². The molecule has 0 spiro atoms. The molecule has 1 amide bonds. The van der Waals surface area contributed by atoms with Gasteiger partial charge in [0.15, 0.2) is 10.8 Å². The van der Waals surface area contributed by atoms with Gasteiger partial charge in [-0.1, -0.05) is 90.6 Å². The molecule has 0 aliphatic rings. The summed E-state index contributed by atoms with van der Waals surface area (Å²) in [6.45, 7) is 1.93. The Balaban J connectivity index is 1.36. The summed E-state index contributed by atoms with van der Waals surface area (Å²) in [6, 6.07) is 25.5. The molecule has 0 aliphatic heterocycles. The van der Waals surface area contributed by atoms with Crippen molar-refractivity contribution < 1.29 is 9.90 Å². The zero-order chi connectivity index (χ0) is 23.5. The number of carbonyl (C=O) groups excluding carboxylic acids is 1. The van der Waals surface area contributed by atoms with Crippen LogP contribution in [0.5, 0.6) is 5.88 Å². The summed E-state index contributed by atoms with van der Waals surface area (Å²) in [5, 5.41) is 19.3. The van der Waals surface area contributed by atoms with E-state index in [0.29, 0.717) is 10.5 Å². The number of benzene rings is 3. The zero-order valence-electron chi connectivity index (χ0n) is 18.3. The fraction of sp³-hybridized carbons (Fsp3) is 0.0769. The van der Waals surface area contributed by atoms with E-state index in [0.717, 1.165) is 33.6 Å². The van der Waals surface area contributed by atoms with Gasteiger partial charge in [-0.2, -0.15) is 0 Å². The maximum absolute atomic E-state index is 12.4. The van der Waals surface area contributed by atoms with Crippen LogP contribution in [0.3, 0.4) is 0 Å². The Kier molecular flexibility index (Phi) is 5.97. The number of nitrogens with one attached hydrogen (secondary N) is 2. The molecule has 3 N–H and O–H groups in total. The van der Waals surface area contributed by atoms with E-state index in [-0.39, 0.29) is 17.3 Å². The molecule has 5 aromatic rings. The van der Waals surface area contributed by atoms with Gasteiger partial charge in [0.1, 0.15) is 0 Å². The van der Waals surface area contributed by atoms with E-state index >= 15 is 0 Å². The highest BCUT2D eigenvalue weighted by Crippen LogP contribution is 2.37. The molecular weight excluding hydrogens is 446 g/mol. The first kappa shape index (κ1) is 21.7. The summed E-state index contributed by atoms with van der Waals surface area (Å²) < 4.78 is 0. The molecule has 34 heavy (non-hydrogen) atoms. The van der Waals surface area contributed by atoms with Gasteiger partial charge in [0, 0.05) is 16.5 Å². The number of H-pyrrole nitrogens is 2. The number of imidazole rings is 1. The topological polar surface area (TPSA) is 106 Å². The van der Waals surface area contributed by atoms with Crippen LogP contribution in [0, 0.1) is 6.92 Å².